The summed E-state index contributed by atoms with van der Waals surface area (Å²) in [6.07, 6.45) is 0.929. The molecular weight excluding hydrogens is 212 g/mol. The van der Waals surface area contributed by atoms with Crippen LogP contribution in [0.15, 0.2) is 24.3 Å². The van der Waals surface area contributed by atoms with Crippen LogP contribution in [-0.4, -0.2) is 28.4 Å². The highest BCUT2D eigenvalue weighted by Crippen LogP contribution is 2.31. The van der Waals surface area contributed by atoms with Crippen LogP contribution in [0.25, 0.3) is 11.4 Å². The molecule has 0 bridgehead atoms. The monoisotopic (exact) mass is 228 g/mol. The van der Waals surface area contributed by atoms with Crippen LogP contribution in [-0.2, 0) is 13.0 Å². The van der Waals surface area contributed by atoms with Crippen molar-refractivity contribution in [2.75, 3.05) is 18.5 Å². The van der Waals surface area contributed by atoms with Gasteiger partial charge in [0.1, 0.15) is 5.82 Å². The molecule has 1 aromatic heterocycles. The van der Waals surface area contributed by atoms with Crippen molar-refractivity contribution in [3.8, 4) is 11.4 Å². The number of para-hydroxylation sites is 1. The van der Waals surface area contributed by atoms with E-state index in [1.807, 2.05) is 0 Å². The van der Waals surface area contributed by atoms with Crippen molar-refractivity contribution in [3.63, 3.8) is 0 Å². The highest BCUT2D eigenvalue weighted by molar-refractivity contribution is 5.75. The number of benzene rings is 1. The second-order valence-electron chi connectivity index (χ2n) is 4.38. The minimum absolute atomic E-state index is 0.929. The molecule has 2 aromatic rings. The lowest BCUT2D eigenvalue weighted by Crippen LogP contribution is -2.21. The van der Waals surface area contributed by atoms with E-state index in [2.05, 4.69) is 57.9 Å². The Labute approximate surface area is 101 Å². The standard InChI is InChI=1S/C13H16N4/c1-3-12-14-15-13-10-6-4-5-7-11(10)16(2)8-9-17(12)13/h4-7H,3,8-9H2,1-2H3. The predicted octanol–water partition coefficient (Wildman–Crippen LogP) is 1.96. The lowest BCUT2D eigenvalue weighted by atomic mass is 10.1. The van der Waals surface area contributed by atoms with Gasteiger partial charge in [-0.15, -0.1) is 10.2 Å². The van der Waals surface area contributed by atoms with E-state index < -0.39 is 0 Å². The van der Waals surface area contributed by atoms with E-state index in [0.717, 1.165) is 31.2 Å². The minimum atomic E-state index is 0.929. The van der Waals surface area contributed by atoms with Crippen molar-refractivity contribution in [2.45, 2.75) is 19.9 Å². The van der Waals surface area contributed by atoms with Crippen molar-refractivity contribution in [2.24, 2.45) is 0 Å². The number of likely N-dealkylation sites (N-methyl/N-ethyl adjacent to an activating group) is 1. The molecule has 0 atom stereocenters. The van der Waals surface area contributed by atoms with Gasteiger partial charge in [-0.3, -0.25) is 0 Å². The smallest absolute Gasteiger partial charge is 0.166 e. The molecule has 17 heavy (non-hydrogen) atoms. The molecule has 0 unspecified atom stereocenters. The van der Waals surface area contributed by atoms with Gasteiger partial charge in [0.15, 0.2) is 5.82 Å². The van der Waals surface area contributed by atoms with Crippen molar-refractivity contribution in [3.05, 3.63) is 30.1 Å². The molecule has 4 heteroatoms. The fraction of sp³-hybridized carbons (Fsp3) is 0.385. The third-order valence-electron chi connectivity index (χ3n) is 3.36. The van der Waals surface area contributed by atoms with E-state index in [4.69, 9.17) is 0 Å². The number of rotatable bonds is 1. The van der Waals surface area contributed by atoms with Gasteiger partial charge in [0.2, 0.25) is 0 Å². The van der Waals surface area contributed by atoms with Crippen LogP contribution in [0.3, 0.4) is 0 Å². The van der Waals surface area contributed by atoms with Crippen LogP contribution in [0.1, 0.15) is 12.7 Å². The fourth-order valence-electron chi connectivity index (χ4n) is 2.40. The topological polar surface area (TPSA) is 34.0 Å². The molecule has 0 amide bonds. The number of fused-ring (bicyclic) bond motifs is 3. The molecule has 4 nitrogen and oxygen atoms in total. The van der Waals surface area contributed by atoms with Crippen molar-refractivity contribution >= 4 is 5.69 Å². The van der Waals surface area contributed by atoms with E-state index in [1.165, 1.54) is 11.3 Å². The van der Waals surface area contributed by atoms with Gasteiger partial charge in [-0.05, 0) is 12.1 Å². The highest BCUT2D eigenvalue weighted by Gasteiger charge is 2.20. The normalized spacial score (nSPS) is 14.1. The van der Waals surface area contributed by atoms with Gasteiger partial charge in [-0.25, -0.2) is 0 Å². The number of aromatic nitrogens is 3. The molecule has 0 N–H and O–H groups in total. The molecule has 2 heterocycles. The first-order chi connectivity index (χ1) is 8.31. The Morgan fingerprint density at radius 1 is 1.18 bits per heavy atom. The number of hydrogen-bond donors (Lipinski definition) is 0. The molecule has 1 aliphatic rings. The van der Waals surface area contributed by atoms with Crippen LogP contribution in [0.5, 0.6) is 0 Å². The Kier molecular flexibility index (Phi) is 2.35. The van der Waals surface area contributed by atoms with Crippen molar-refractivity contribution < 1.29 is 0 Å². The van der Waals surface area contributed by atoms with Crippen molar-refractivity contribution in [1.29, 1.82) is 0 Å². The van der Waals surface area contributed by atoms with Crippen LogP contribution in [0.4, 0.5) is 5.69 Å². The molecule has 1 aromatic carbocycles. The van der Waals surface area contributed by atoms with Crippen LogP contribution in [0, 0.1) is 0 Å². The molecule has 0 spiro atoms. The van der Waals surface area contributed by atoms with Gasteiger partial charge < -0.3 is 9.47 Å². The first-order valence-electron chi connectivity index (χ1n) is 6.04. The zero-order chi connectivity index (χ0) is 11.8. The van der Waals surface area contributed by atoms with E-state index >= 15 is 0 Å². The summed E-state index contributed by atoms with van der Waals surface area (Å²) in [5.74, 6) is 2.08. The van der Waals surface area contributed by atoms with Gasteiger partial charge in [0.05, 0.1) is 0 Å². The Morgan fingerprint density at radius 3 is 2.82 bits per heavy atom. The van der Waals surface area contributed by atoms with Crippen LogP contribution in [0.2, 0.25) is 0 Å². The SMILES string of the molecule is CCc1nnc2n1CCN(C)c1ccccc1-2. The summed E-state index contributed by atoms with van der Waals surface area (Å²) in [6, 6.07) is 8.40. The summed E-state index contributed by atoms with van der Waals surface area (Å²) in [5, 5.41) is 8.63. The Bertz CT molecular complexity index is 544. The van der Waals surface area contributed by atoms with E-state index in [-0.39, 0.29) is 0 Å². The highest BCUT2D eigenvalue weighted by atomic mass is 15.3. The average molecular weight is 228 g/mol. The molecule has 0 radical (unpaired) electrons. The van der Waals surface area contributed by atoms with Gasteiger partial charge >= 0.3 is 0 Å². The maximum Gasteiger partial charge on any atom is 0.166 e. The maximum atomic E-state index is 4.35. The molecule has 3 rings (SSSR count). The van der Waals surface area contributed by atoms with E-state index in [9.17, 15) is 0 Å². The van der Waals surface area contributed by atoms with Gasteiger partial charge in [-0.2, -0.15) is 0 Å². The lowest BCUT2D eigenvalue weighted by Gasteiger charge is -2.18. The Hall–Kier alpha value is -1.84. The zero-order valence-corrected chi connectivity index (χ0v) is 10.2. The number of anilines is 1. The third kappa shape index (κ3) is 1.52. The summed E-state index contributed by atoms with van der Waals surface area (Å²) in [5.41, 5.74) is 2.42. The minimum Gasteiger partial charge on any atom is -0.372 e. The van der Waals surface area contributed by atoms with Gasteiger partial charge in [0, 0.05) is 37.8 Å². The molecule has 0 fully saturated rings. The molecule has 88 valence electrons. The quantitative estimate of drug-likeness (QED) is 0.748. The van der Waals surface area contributed by atoms with Crippen molar-refractivity contribution in [1.82, 2.24) is 14.8 Å². The molecular formula is C13H16N4. The van der Waals surface area contributed by atoms with Gasteiger partial charge in [-0.1, -0.05) is 19.1 Å². The van der Waals surface area contributed by atoms with Gasteiger partial charge in [0.25, 0.3) is 0 Å². The largest absolute Gasteiger partial charge is 0.372 e. The molecule has 0 saturated heterocycles. The van der Waals surface area contributed by atoms with E-state index in [0.29, 0.717) is 0 Å². The van der Waals surface area contributed by atoms with Crippen LogP contribution < -0.4 is 4.90 Å². The van der Waals surface area contributed by atoms with E-state index in [1.54, 1.807) is 0 Å². The summed E-state index contributed by atoms with van der Waals surface area (Å²) in [6.45, 7) is 4.07. The first-order valence-corrected chi connectivity index (χ1v) is 6.04. The maximum absolute atomic E-state index is 4.35. The third-order valence-corrected chi connectivity index (χ3v) is 3.36. The summed E-state index contributed by atoms with van der Waals surface area (Å²) < 4.78 is 2.24. The fourth-order valence-corrected chi connectivity index (χ4v) is 2.40. The molecule has 1 aliphatic heterocycles. The Morgan fingerprint density at radius 2 is 2.00 bits per heavy atom. The lowest BCUT2D eigenvalue weighted by molar-refractivity contribution is 0.663. The summed E-state index contributed by atoms with van der Waals surface area (Å²) in [4.78, 5) is 2.28. The Balaban J connectivity index is 2.23. The number of nitrogens with zero attached hydrogens (tertiary/aromatic N) is 4. The predicted molar refractivity (Wildman–Crippen MR) is 68.1 cm³/mol. The summed E-state index contributed by atoms with van der Waals surface area (Å²) in [7, 11) is 2.13. The number of hydrogen-bond acceptors (Lipinski definition) is 3. The number of aryl methyl sites for hydroxylation is 1. The first kappa shape index (κ1) is 10.3. The average Bonchev–Trinajstić information content (AvgIpc) is 2.72. The zero-order valence-electron chi connectivity index (χ0n) is 10.2. The second kappa shape index (κ2) is 3.87. The molecule has 0 aliphatic carbocycles. The molecule has 0 saturated carbocycles. The van der Waals surface area contributed by atoms with Crippen LogP contribution >= 0.6 is 0 Å². The summed E-state index contributed by atoms with van der Waals surface area (Å²) >= 11 is 0. The second-order valence-corrected chi connectivity index (χ2v) is 4.38.